The summed E-state index contributed by atoms with van der Waals surface area (Å²) in [6.45, 7) is 10.3. The van der Waals surface area contributed by atoms with Gasteiger partial charge >= 0.3 is 0 Å². The summed E-state index contributed by atoms with van der Waals surface area (Å²) < 4.78 is 10.9. The van der Waals surface area contributed by atoms with E-state index in [2.05, 4.69) is 125 Å². The third-order valence-electron chi connectivity index (χ3n) is 12.9. The highest BCUT2D eigenvalue weighted by Crippen LogP contribution is 2.33. The average Bonchev–Trinajstić information content (AvgIpc) is 4.04. The van der Waals surface area contributed by atoms with Crippen LogP contribution in [0.3, 0.4) is 0 Å². The fourth-order valence-corrected chi connectivity index (χ4v) is 9.56. The topological polar surface area (TPSA) is 140 Å². The fraction of sp³-hybridized carbons (Fsp3) is 0.245. The Morgan fingerprint density at radius 1 is 0.554 bits per heavy atom. The van der Waals surface area contributed by atoms with Gasteiger partial charge in [0.05, 0.1) is 66.5 Å². The van der Waals surface area contributed by atoms with Crippen LogP contribution >= 0.6 is 0 Å². The average molecular weight is 863 g/mol. The van der Waals surface area contributed by atoms with E-state index in [1.807, 2.05) is 36.7 Å². The van der Waals surface area contributed by atoms with Crippen molar-refractivity contribution in [3.63, 3.8) is 0 Å². The summed E-state index contributed by atoms with van der Waals surface area (Å²) in [6, 6.07) is 29.6. The zero-order valence-corrected chi connectivity index (χ0v) is 36.2. The second-order valence-corrected chi connectivity index (χ2v) is 17.2. The zero-order valence-electron chi connectivity index (χ0n) is 36.2. The SMILES string of the molecule is O=C1NCCc2[nH]c3c(ccc4cnc(C=Cc5cccc(CN6CCOCC6)c5)cc43)c21.O=C1NCc2[nH]c3c(ccc4cnc(C=Cc5cccc(CN6CCOCC6)c5)cc43)c21. The molecule has 4 aliphatic rings. The highest BCUT2D eigenvalue weighted by atomic mass is 16.5. The van der Waals surface area contributed by atoms with Gasteiger partial charge < -0.3 is 30.1 Å². The van der Waals surface area contributed by atoms with Gasteiger partial charge in [0.15, 0.2) is 0 Å². The molecule has 12 heteroatoms. The lowest BCUT2D eigenvalue weighted by Crippen LogP contribution is -2.35. The van der Waals surface area contributed by atoms with Crippen molar-refractivity contribution in [2.75, 3.05) is 59.2 Å². The maximum atomic E-state index is 12.4. The minimum Gasteiger partial charge on any atom is -0.379 e. The number of amides is 2. The molecule has 12 rings (SSSR count). The number of nitrogens with zero attached hydrogens (tertiary/aromatic N) is 4. The number of fused-ring (bicyclic) bond motifs is 10. The molecule has 65 heavy (non-hydrogen) atoms. The molecule has 4 aromatic carbocycles. The van der Waals surface area contributed by atoms with Crippen LogP contribution < -0.4 is 10.6 Å². The van der Waals surface area contributed by atoms with Gasteiger partial charge in [-0.05, 0) is 46.5 Å². The van der Waals surface area contributed by atoms with Crippen LogP contribution in [-0.2, 0) is 35.5 Å². The molecule has 12 nitrogen and oxygen atoms in total. The summed E-state index contributed by atoms with van der Waals surface area (Å²) in [5.41, 5.74) is 12.3. The van der Waals surface area contributed by atoms with Gasteiger partial charge in [-0.3, -0.25) is 29.4 Å². The molecule has 0 aliphatic carbocycles. The van der Waals surface area contributed by atoms with Gasteiger partial charge in [0, 0.05) is 108 Å². The van der Waals surface area contributed by atoms with Crippen LogP contribution in [0.15, 0.2) is 97.3 Å². The van der Waals surface area contributed by atoms with Crippen molar-refractivity contribution >= 4 is 79.5 Å². The number of carbonyl (C=O) groups excluding carboxylic acids is 2. The molecule has 4 aromatic heterocycles. The van der Waals surface area contributed by atoms with Crippen molar-refractivity contribution in [3.8, 4) is 0 Å². The quantitative estimate of drug-likeness (QED) is 0.121. The third kappa shape index (κ3) is 8.56. The van der Waals surface area contributed by atoms with Crippen molar-refractivity contribution in [2.24, 2.45) is 0 Å². The summed E-state index contributed by atoms with van der Waals surface area (Å²) in [5.74, 6) is 0.00437. The third-order valence-corrected chi connectivity index (χ3v) is 12.9. The number of ether oxygens (including phenoxy) is 2. The molecule has 0 saturated carbocycles. The van der Waals surface area contributed by atoms with Crippen LogP contribution in [0.1, 0.15) is 65.7 Å². The summed E-state index contributed by atoms with van der Waals surface area (Å²) >= 11 is 0. The Bertz CT molecular complexity index is 3170. The van der Waals surface area contributed by atoms with E-state index in [1.165, 1.54) is 11.1 Å². The summed E-state index contributed by atoms with van der Waals surface area (Å²) in [4.78, 5) is 45.7. The van der Waals surface area contributed by atoms with Crippen molar-refractivity contribution in [3.05, 3.63) is 153 Å². The van der Waals surface area contributed by atoms with Gasteiger partial charge in [0.2, 0.25) is 0 Å². The van der Waals surface area contributed by atoms with Crippen LogP contribution in [0.5, 0.6) is 0 Å². The smallest absolute Gasteiger partial charge is 0.254 e. The Balaban J connectivity index is 0.000000144. The minimum atomic E-state index is -0.00302. The molecule has 0 unspecified atom stereocenters. The first-order chi connectivity index (χ1) is 32.0. The van der Waals surface area contributed by atoms with E-state index >= 15 is 0 Å². The normalized spacial score (nSPS) is 16.9. The Labute approximate surface area is 376 Å². The Kier molecular flexibility index (Phi) is 11.2. The molecule has 2 saturated heterocycles. The predicted octanol–water partition coefficient (Wildman–Crippen LogP) is 7.97. The lowest BCUT2D eigenvalue weighted by Gasteiger charge is -2.26. The Morgan fingerprint density at radius 2 is 1.06 bits per heavy atom. The number of benzene rings is 4. The summed E-state index contributed by atoms with van der Waals surface area (Å²) in [6.07, 6.45) is 13.0. The van der Waals surface area contributed by atoms with Gasteiger partial charge in [0.25, 0.3) is 11.8 Å². The number of carbonyl (C=O) groups is 2. The lowest BCUT2D eigenvalue weighted by molar-refractivity contribution is 0.0341. The molecule has 0 spiro atoms. The molecule has 2 amide bonds. The molecule has 4 aliphatic heterocycles. The van der Waals surface area contributed by atoms with Crippen molar-refractivity contribution in [2.45, 2.75) is 26.1 Å². The Morgan fingerprint density at radius 3 is 1.62 bits per heavy atom. The largest absolute Gasteiger partial charge is 0.379 e. The standard InChI is InChI=1S/C27H26N4O2.C26H24N4O2/c32-27-25-22-7-5-20-16-29-21(15-23(20)26(22)30-24(25)8-9-28-27)6-4-18-2-1-3-19(14-18)17-31-10-12-33-13-11-31;31-26-24-21-7-5-19-14-27-20(13-22(19)25(21)29-23(24)15-28-26)6-4-17-2-1-3-18(12-17)16-30-8-10-32-11-9-30/h1-7,14-16,30H,8-13,17H2,(H,28,32);1-7,12-14,29H,8-11,15-16H2,(H,28,31). The zero-order chi connectivity index (χ0) is 43.7. The number of hydrogen-bond acceptors (Lipinski definition) is 8. The number of rotatable bonds is 8. The number of aromatic nitrogens is 4. The first-order valence-corrected chi connectivity index (χ1v) is 22.6. The van der Waals surface area contributed by atoms with E-state index < -0.39 is 0 Å². The van der Waals surface area contributed by atoms with Crippen LogP contribution in [0, 0.1) is 0 Å². The molecule has 326 valence electrons. The number of pyridine rings is 2. The molecule has 0 radical (unpaired) electrons. The van der Waals surface area contributed by atoms with E-state index in [-0.39, 0.29) is 11.8 Å². The Hall–Kier alpha value is -6.96. The lowest BCUT2D eigenvalue weighted by atomic mass is 10.0. The maximum absolute atomic E-state index is 12.4. The van der Waals surface area contributed by atoms with Gasteiger partial charge in [-0.2, -0.15) is 0 Å². The van der Waals surface area contributed by atoms with Crippen molar-refractivity contribution in [1.29, 1.82) is 0 Å². The van der Waals surface area contributed by atoms with Crippen LogP contribution in [0.4, 0.5) is 0 Å². The molecular formula is C53H50N8O4. The molecule has 8 aromatic rings. The van der Waals surface area contributed by atoms with Gasteiger partial charge in [-0.15, -0.1) is 0 Å². The highest BCUT2D eigenvalue weighted by molar-refractivity contribution is 6.17. The monoisotopic (exact) mass is 862 g/mol. The molecular weight excluding hydrogens is 813 g/mol. The van der Waals surface area contributed by atoms with E-state index in [0.717, 1.165) is 160 Å². The summed E-state index contributed by atoms with van der Waals surface area (Å²) in [7, 11) is 0. The molecule has 0 bridgehead atoms. The van der Waals surface area contributed by atoms with Crippen LogP contribution in [0.2, 0.25) is 0 Å². The van der Waals surface area contributed by atoms with Crippen LogP contribution in [-0.4, -0.2) is 101 Å². The van der Waals surface area contributed by atoms with Crippen LogP contribution in [0.25, 0.3) is 67.7 Å². The van der Waals surface area contributed by atoms with E-state index in [0.29, 0.717) is 13.1 Å². The van der Waals surface area contributed by atoms with Gasteiger partial charge in [-0.25, -0.2) is 0 Å². The summed E-state index contributed by atoms with van der Waals surface area (Å²) in [5, 5.41) is 12.1. The van der Waals surface area contributed by atoms with Gasteiger partial charge in [0.1, 0.15) is 0 Å². The maximum Gasteiger partial charge on any atom is 0.254 e. The van der Waals surface area contributed by atoms with E-state index in [9.17, 15) is 9.59 Å². The predicted molar refractivity (Wildman–Crippen MR) is 257 cm³/mol. The first kappa shape index (κ1) is 40.8. The number of aromatic amines is 2. The molecule has 8 heterocycles. The first-order valence-electron chi connectivity index (χ1n) is 22.6. The minimum absolute atomic E-state index is 0.00302. The molecule has 4 N–H and O–H groups in total. The van der Waals surface area contributed by atoms with Crippen molar-refractivity contribution in [1.82, 2.24) is 40.4 Å². The van der Waals surface area contributed by atoms with Gasteiger partial charge in [-0.1, -0.05) is 84.9 Å². The highest BCUT2D eigenvalue weighted by Gasteiger charge is 2.25. The van der Waals surface area contributed by atoms with E-state index in [4.69, 9.17) is 9.47 Å². The number of H-pyrrole nitrogens is 2. The molecule has 2 fully saturated rings. The number of nitrogens with one attached hydrogen (secondary N) is 4. The second kappa shape index (κ2) is 17.9. The fourth-order valence-electron chi connectivity index (χ4n) is 9.56. The van der Waals surface area contributed by atoms with E-state index in [1.54, 1.807) is 0 Å². The number of morpholine rings is 2. The van der Waals surface area contributed by atoms with Crippen molar-refractivity contribution < 1.29 is 19.1 Å². The molecule has 0 atom stereocenters. The second-order valence-electron chi connectivity index (χ2n) is 17.2. The number of hydrogen-bond donors (Lipinski definition) is 4.